The minimum absolute atomic E-state index is 0.0435. The first kappa shape index (κ1) is 16.1. The highest BCUT2D eigenvalue weighted by Gasteiger charge is 2.11. The Balaban J connectivity index is 1.46. The van der Waals surface area contributed by atoms with Gasteiger partial charge in [-0.1, -0.05) is 23.4 Å². The molecule has 0 radical (unpaired) electrons. The van der Waals surface area contributed by atoms with Crippen molar-refractivity contribution in [3.63, 3.8) is 0 Å². The molecule has 3 aromatic rings. The van der Waals surface area contributed by atoms with E-state index < -0.39 is 0 Å². The van der Waals surface area contributed by atoms with Crippen molar-refractivity contribution in [3.05, 3.63) is 35.4 Å². The number of amides is 1. The smallest absolute Gasteiger partial charge is 0.252 e. The van der Waals surface area contributed by atoms with Gasteiger partial charge in [-0.3, -0.25) is 15.1 Å². The Labute approximate surface area is 141 Å². The lowest BCUT2D eigenvalue weighted by atomic mass is 10.2. The lowest BCUT2D eigenvalue weighted by Crippen LogP contribution is -2.18. The van der Waals surface area contributed by atoms with Crippen LogP contribution in [-0.4, -0.2) is 37.8 Å². The average molecular weight is 346 g/mol. The molecule has 0 saturated heterocycles. The molecule has 0 unspecified atom stereocenters. The molecule has 3 aromatic heterocycles. The van der Waals surface area contributed by atoms with Crippen LogP contribution in [0.4, 0.5) is 5.13 Å². The Morgan fingerprint density at radius 1 is 1.33 bits per heavy atom. The van der Waals surface area contributed by atoms with Crippen LogP contribution in [0.2, 0.25) is 0 Å². The summed E-state index contributed by atoms with van der Waals surface area (Å²) >= 11 is 1.34. The van der Waals surface area contributed by atoms with E-state index in [2.05, 4.69) is 30.6 Å². The largest absolute Gasteiger partial charge is 0.362 e. The van der Waals surface area contributed by atoms with E-state index in [1.165, 1.54) is 11.3 Å². The van der Waals surface area contributed by atoms with Gasteiger partial charge in [0, 0.05) is 18.0 Å². The number of hydrogen-bond donors (Lipinski definition) is 1. The van der Waals surface area contributed by atoms with Gasteiger partial charge in [-0.2, -0.15) is 4.98 Å². The number of nitrogens with one attached hydrogen (secondary N) is 1. The summed E-state index contributed by atoms with van der Waals surface area (Å²) in [6.07, 6.45) is 4.06. The Hall–Kier alpha value is -2.72. The maximum Gasteiger partial charge on any atom is 0.252 e. The van der Waals surface area contributed by atoms with Crippen LogP contribution >= 0.6 is 11.3 Å². The van der Waals surface area contributed by atoms with Gasteiger partial charge in [0.05, 0.1) is 0 Å². The van der Waals surface area contributed by atoms with Gasteiger partial charge in [0.25, 0.3) is 11.8 Å². The Bertz CT molecular complexity index is 804. The van der Waals surface area contributed by atoms with Gasteiger partial charge in [0.15, 0.2) is 0 Å². The predicted octanol–water partition coefficient (Wildman–Crippen LogP) is 1.70. The van der Waals surface area contributed by atoms with Crippen LogP contribution in [0.15, 0.2) is 29.0 Å². The molecule has 0 atom stereocenters. The summed E-state index contributed by atoms with van der Waals surface area (Å²) in [5, 5.41) is 15.6. The lowest BCUT2D eigenvalue weighted by molar-refractivity contribution is -0.121. The van der Waals surface area contributed by atoms with Crippen molar-refractivity contribution in [1.29, 1.82) is 0 Å². The van der Waals surface area contributed by atoms with Gasteiger partial charge in [-0.15, -0.1) is 10.2 Å². The molecule has 0 aliphatic rings. The number of pyridine rings is 1. The summed E-state index contributed by atoms with van der Waals surface area (Å²) in [7, 11) is 0. The Kier molecular flexibility index (Phi) is 5.18. The summed E-state index contributed by atoms with van der Waals surface area (Å²) in [4.78, 5) is 19.9. The minimum Gasteiger partial charge on any atom is -0.362 e. The molecule has 1 amide bonds. The number of rotatable bonds is 7. The molecule has 124 valence electrons. The van der Waals surface area contributed by atoms with E-state index in [-0.39, 0.29) is 19.1 Å². The molecule has 0 fully saturated rings. The molecule has 9 nitrogen and oxygen atoms in total. The molecule has 0 spiro atoms. The first-order valence-electron chi connectivity index (χ1n) is 7.17. The summed E-state index contributed by atoms with van der Waals surface area (Å²) in [5.41, 5.74) is 0.792. The van der Waals surface area contributed by atoms with Crippen molar-refractivity contribution in [2.45, 2.75) is 20.0 Å². The molecule has 3 rings (SSSR count). The first-order valence-corrected chi connectivity index (χ1v) is 7.99. The monoisotopic (exact) mass is 346 g/mol. The van der Waals surface area contributed by atoms with E-state index in [0.29, 0.717) is 16.8 Å². The number of aryl methyl sites for hydroxylation is 1. The Morgan fingerprint density at radius 3 is 2.92 bits per heavy atom. The minimum atomic E-state index is -0.317. The maximum absolute atomic E-state index is 11.8. The molecule has 0 saturated carbocycles. The molecule has 10 heteroatoms. The van der Waals surface area contributed by atoms with Crippen LogP contribution in [0, 0.1) is 0 Å². The fraction of sp³-hybridized carbons (Fsp3) is 0.286. The second-order valence-electron chi connectivity index (χ2n) is 4.64. The van der Waals surface area contributed by atoms with E-state index in [1.807, 2.05) is 6.92 Å². The molecular formula is C14H14N6O3S. The molecule has 3 heterocycles. The zero-order valence-corrected chi connectivity index (χ0v) is 13.6. The molecule has 0 aromatic carbocycles. The summed E-state index contributed by atoms with van der Waals surface area (Å²) in [6, 6.07) is 3.55. The number of ether oxygens (including phenoxy) is 1. The SMILES string of the molecule is CCc1nnc(NC(=O)COCc2nc(-c3ccncc3)no2)s1. The number of carbonyl (C=O) groups excluding carboxylic acids is 1. The van der Waals surface area contributed by atoms with Crippen LogP contribution in [-0.2, 0) is 22.6 Å². The van der Waals surface area contributed by atoms with Crippen LogP contribution < -0.4 is 5.32 Å². The zero-order valence-electron chi connectivity index (χ0n) is 12.8. The summed E-state index contributed by atoms with van der Waals surface area (Å²) in [5.74, 6) is 0.419. The lowest BCUT2D eigenvalue weighted by Gasteiger charge is -2.00. The van der Waals surface area contributed by atoms with Crippen LogP contribution in [0.3, 0.4) is 0 Å². The molecule has 1 N–H and O–H groups in total. The molecule has 0 aliphatic carbocycles. The molecule has 24 heavy (non-hydrogen) atoms. The van der Waals surface area contributed by atoms with Crippen LogP contribution in [0.1, 0.15) is 17.8 Å². The van der Waals surface area contributed by atoms with Crippen molar-refractivity contribution in [1.82, 2.24) is 25.3 Å². The zero-order chi connectivity index (χ0) is 16.8. The van der Waals surface area contributed by atoms with Crippen molar-refractivity contribution < 1.29 is 14.1 Å². The highest BCUT2D eigenvalue weighted by Crippen LogP contribution is 2.16. The summed E-state index contributed by atoms with van der Waals surface area (Å²) < 4.78 is 10.4. The normalized spacial score (nSPS) is 10.7. The van der Waals surface area contributed by atoms with Gasteiger partial charge in [0.2, 0.25) is 11.0 Å². The third kappa shape index (κ3) is 4.18. The number of carbonyl (C=O) groups is 1. The fourth-order valence-electron chi connectivity index (χ4n) is 1.77. The molecule has 0 aliphatic heterocycles. The van der Waals surface area contributed by atoms with E-state index in [1.54, 1.807) is 24.5 Å². The number of nitrogens with zero attached hydrogens (tertiary/aromatic N) is 5. The van der Waals surface area contributed by atoms with E-state index in [9.17, 15) is 4.79 Å². The van der Waals surface area contributed by atoms with Gasteiger partial charge in [0.1, 0.15) is 18.2 Å². The van der Waals surface area contributed by atoms with Gasteiger partial charge >= 0.3 is 0 Å². The highest BCUT2D eigenvalue weighted by atomic mass is 32.1. The van der Waals surface area contributed by atoms with Crippen LogP contribution in [0.25, 0.3) is 11.4 Å². The van der Waals surface area contributed by atoms with Crippen molar-refractivity contribution in [3.8, 4) is 11.4 Å². The second kappa shape index (κ2) is 7.70. The van der Waals surface area contributed by atoms with E-state index in [4.69, 9.17) is 9.26 Å². The topological polar surface area (TPSA) is 116 Å². The highest BCUT2D eigenvalue weighted by molar-refractivity contribution is 7.15. The number of aromatic nitrogens is 5. The quantitative estimate of drug-likeness (QED) is 0.687. The summed E-state index contributed by atoms with van der Waals surface area (Å²) in [6.45, 7) is 1.87. The van der Waals surface area contributed by atoms with E-state index in [0.717, 1.165) is 17.0 Å². The van der Waals surface area contributed by atoms with Crippen molar-refractivity contribution >= 4 is 22.4 Å². The molecular weight excluding hydrogens is 332 g/mol. The van der Waals surface area contributed by atoms with E-state index >= 15 is 0 Å². The maximum atomic E-state index is 11.8. The van der Waals surface area contributed by atoms with Crippen LogP contribution in [0.5, 0.6) is 0 Å². The first-order chi connectivity index (χ1) is 11.7. The van der Waals surface area contributed by atoms with Gasteiger partial charge in [-0.25, -0.2) is 0 Å². The second-order valence-corrected chi connectivity index (χ2v) is 5.71. The number of hydrogen-bond acceptors (Lipinski definition) is 9. The molecule has 0 bridgehead atoms. The number of anilines is 1. The van der Waals surface area contributed by atoms with Gasteiger partial charge < -0.3 is 9.26 Å². The predicted molar refractivity (Wildman–Crippen MR) is 85.1 cm³/mol. The van der Waals surface area contributed by atoms with Gasteiger partial charge in [-0.05, 0) is 18.6 Å². The standard InChI is InChI=1S/C14H14N6O3S/c1-2-12-18-19-14(24-12)16-10(21)7-22-8-11-17-13(20-23-11)9-3-5-15-6-4-9/h3-6H,2,7-8H2,1H3,(H,16,19,21). The Morgan fingerprint density at radius 2 is 2.17 bits per heavy atom. The van der Waals surface area contributed by atoms with Crippen molar-refractivity contribution in [2.75, 3.05) is 11.9 Å². The van der Waals surface area contributed by atoms with Crippen molar-refractivity contribution in [2.24, 2.45) is 0 Å². The fourth-order valence-corrected chi connectivity index (χ4v) is 2.46. The average Bonchev–Trinajstić information content (AvgIpc) is 3.25. The third-order valence-corrected chi connectivity index (χ3v) is 3.86. The third-order valence-electron chi connectivity index (χ3n) is 2.88.